The molecule has 8 heteroatoms. The van der Waals surface area contributed by atoms with Gasteiger partial charge in [0.05, 0.1) is 29.0 Å². The highest BCUT2D eigenvalue weighted by Crippen LogP contribution is 2.23. The normalized spacial score (nSPS) is 11.6. The molecule has 0 unspecified atom stereocenters. The fraction of sp³-hybridized carbons (Fsp3) is 0.529. The van der Waals surface area contributed by atoms with Gasteiger partial charge < -0.3 is 5.32 Å². The molecule has 0 aliphatic heterocycles. The second-order valence-electron chi connectivity index (χ2n) is 6.57. The van der Waals surface area contributed by atoms with Crippen LogP contribution < -0.4 is 5.32 Å². The molecule has 0 fully saturated rings. The van der Waals surface area contributed by atoms with Crippen LogP contribution in [0, 0.1) is 20.8 Å². The molecule has 25 heavy (non-hydrogen) atoms. The zero-order valence-electron chi connectivity index (χ0n) is 15.7. The molecule has 8 nitrogen and oxygen atoms in total. The van der Waals surface area contributed by atoms with Crippen molar-refractivity contribution >= 4 is 22.6 Å². The molecule has 3 aromatic rings. The maximum atomic E-state index is 12.6. The van der Waals surface area contributed by atoms with Crippen LogP contribution in [0.3, 0.4) is 0 Å². The van der Waals surface area contributed by atoms with Gasteiger partial charge in [-0.3, -0.25) is 18.8 Å². The number of rotatable bonds is 5. The lowest BCUT2D eigenvalue weighted by molar-refractivity contribution is -0.116. The van der Waals surface area contributed by atoms with E-state index in [4.69, 9.17) is 0 Å². The maximum Gasteiger partial charge on any atom is 0.246 e. The molecule has 3 aromatic heterocycles. The van der Waals surface area contributed by atoms with Gasteiger partial charge in [0.2, 0.25) is 5.91 Å². The Kier molecular flexibility index (Phi) is 4.36. The summed E-state index contributed by atoms with van der Waals surface area (Å²) in [5.74, 6) is -0.122. The van der Waals surface area contributed by atoms with Gasteiger partial charge in [-0.1, -0.05) is 0 Å². The molecule has 0 bridgehead atoms. The molecule has 0 spiro atoms. The van der Waals surface area contributed by atoms with Crippen molar-refractivity contribution < 1.29 is 4.79 Å². The van der Waals surface area contributed by atoms with Crippen LogP contribution in [-0.2, 0) is 17.9 Å². The van der Waals surface area contributed by atoms with E-state index in [1.165, 1.54) is 0 Å². The topological polar surface area (TPSA) is 82.6 Å². The van der Waals surface area contributed by atoms with E-state index >= 15 is 0 Å². The Balaban J connectivity index is 1.83. The Morgan fingerprint density at radius 2 is 1.88 bits per heavy atom. The average molecular weight is 343 g/mol. The predicted molar refractivity (Wildman–Crippen MR) is 96.6 cm³/mol. The number of nitrogens with one attached hydrogen (secondary N) is 1. The van der Waals surface area contributed by atoms with Gasteiger partial charge in [-0.05, 0) is 41.5 Å². The second-order valence-corrected chi connectivity index (χ2v) is 6.57. The summed E-state index contributed by atoms with van der Waals surface area (Å²) in [6.45, 7) is 12.9. The van der Waals surface area contributed by atoms with E-state index in [1.54, 1.807) is 10.9 Å². The summed E-state index contributed by atoms with van der Waals surface area (Å²) in [4.78, 5) is 12.6. The van der Waals surface area contributed by atoms with E-state index < -0.39 is 0 Å². The van der Waals surface area contributed by atoms with E-state index in [-0.39, 0.29) is 18.5 Å². The number of fused-ring (bicyclic) bond motifs is 1. The molecule has 3 rings (SSSR count). The van der Waals surface area contributed by atoms with E-state index in [0.717, 1.165) is 40.3 Å². The van der Waals surface area contributed by atoms with Crippen molar-refractivity contribution in [3.63, 3.8) is 0 Å². The Labute approximate surface area is 146 Å². The number of aryl methyl sites for hydroxylation is 3. The largest absolute Gasteiger partial charge is 0.321 e. The number of amides is 1. The van der Waals surface area contributed by atoms with Crippen molar-refractivity contribution in [1.82, 2.24) is 29.3 Å². The van der Waals surface area contributed by atoms with E-state index in [9.17, 15) is 4.79 Å². The number of hydrogen-bond donors (Lipinski definition) is 1. The highest BCUT2D eigenvalue weighted by atomic mass is 16.2. The van der Waals surface area contributed by atoms with Gasteiger partial charge in [-0.25, -0.2) is 0 Å². The zero-order valence-corrected chi connectivity index (χ0v) is 15.7. The Hall–Kier alpha value is -2.64. The van der Waals surface area contributed by atoms with Crippen molar-refractivity contribution in [1.29, 1.82) is 0 Å². The van der Waals surface area contributed by atoms with E-state index in [0.29, 0.717) is 0 Å². The molecule has 1 amide bonds. The second kappa shape index (κ2) is 6.34. The summed E-state index contributed by atoms with van der Waals surface area (Å²) in [5, 5.41) is 16.3. The van der Waals surface area contributed by atoms with Crippen LogP contribution in [0.25, 0.3) is 11.0 Å². The van der Waals surface area contributed by atoms with Crippen LogP contribution in [-0.4, -0.2) is 35.2 Å². The molecule has 0 aromatic carbocycles. The van der Waals surface area contributed by atoms with Gasteiger partial charge in [-0.2, -0.15) is 15.3 Å². The van der Waals surface area contributed by atoms with Gasteiger partial charge in [-0.15, -0.1) is 0 Å². The van der Waals surface area contributed by atoms with Gasteiger partial charge in [0.1, 0.15) is 17.6 Å². The summed E-state index contributed by atoms with van der Waals surface area (Å²) in [7, 11) is 0. The molecule has 0 atom stereocenters. The predicted octanol–water partition coefficient (Wildman–Crippen LogP) is 2.59. The average Bonchev–Trinajstić information content (AvgIpc) is 3.18. The Morgan fingerprint density at radius 1 is 1.16 bits per heavy atom. The first-order valence-corrected chi connectivity index (χ1v) is 8.58. The molecule has 134 valence electrons. The van der Waals surface area contributed by atoms with E-state index in [1.807, 2.05) is 37.1 Å². The summed E-state index contributed by atoms with van der Waals surface area (Å²) in [5.41, 5.74) is 5.29. The molecule has 0 aliphatic carbocycles. The standard InChI is InChI=1S/C17H25N7O/c1-7-22-14-8-18-23(17(14)12(5)20-22)9-15(25)19-16-11(4)21-24(10(2)3)13(16)6/h8,10H,7,9H2,1-6H3,(H,19,25). The quantitative estimate of drug-likeness (QED) is 0.772. The van der Waals surface area contributed by atoms with Gasteiger partial charge in [0, 0.05) is 12.6 Å². The number of hydrogen-bond acceptors (Lipinski definition) is 4. The number of anilines is 1. The van der Waals surface area contributed by atoms with Gasteiger partial charge in [0.15, 0.2) is 0 Å². The minimum Gasteiger partial charge on any atom is -0.321 e. The smallest absolute Gasteiger partial charge is 0.246 e. The number of aromatic nitrogens is 6. The van der Waals surface area contributed by atoms with Crippen molar-refractivity contribution in [3.05, 3.63) is 23.3 Å². The first-order chi connectivity index (χ1) is 11.8. The summed E-state index contributed by atoms with van der Waals surface area (Å²) < 4.78 is 5.52. The van der Waals surface area contributed by atoms with Crippen molar-refractivity contribution in [2.75, 3.05) is 5.32 Å². The lowest BCUT2D eigenvalue weighted by Gasteiger charge is -2.09. The van der Waals surface area contributed by atoms with Crippen molar-refractivity contribution in [2.45, 2.75) is 60.7 Å². The van der Waals surface area contributed by atoms with Crippen molar-refractivity contribution in [3.8, 4) is 0 Å². The third kappa shape index (κ3) is 2.92. The number of nitrogens with zero attached hydrogens (tertiary/aromatic N) is 6. The summed E-state index contributed by atoms with van der Waals surface area (Å²) in [6, 6.07) is 0.248. The lowest BCUT2D eigenvalue weighted by atomic mass is 10.3. The minimum absolute atomic E-state index is 0.122. The molecule has 3 heterocycles. The molecule has 0 saturated carbocycles. The fourth-order valence-electron chi connectivity index (χ4n) is 3.24. The van der Waals surface area contributed by atoms with Crippen LogP contribution in [0.5, 0.6) is 0 Å². The van der Waals surface area contributed by atoms with Gasteiger partial charge >= 0.3 is 0 Å². The molecule has 1 N–H and O–H groups in total. The number of carbonyl (C=O) groups excluding carboxylic acids is 1. The molecule has 0 saturated heterocycles. The molecular weight excluding hydrogens is 318 g/mol. The van der Waals surface area contributed by atoms with Crippen LogP contribution in [0.4, 0.5) is 5.69 Å². The SMILES string of the molecule is CCn1nc(C)c2c1cnn2CC(=O)Nc1c(C)nn(C(C)C)c1C. The van der Waals surface area contributed by atoms with Crippen LogP contribution >= 0.6 is 0 Å². The first kappa shape index (κ1) is 17.2. The zero-order chi connectivity index (χ0) is 18.3. The molecular formula is C17H25N7O. The van der Waals surface area contributed by atoms with Gasteiger partial charge in [0.25, 0.3) is 0 Å². The molecule has 0 aliphatic rings. The van der Waals surface area contributed by atoms with E-state index in [2.05, 4.69) is 34.5 Å². The lowest BCUT2D eigenvalue weighted by Crippen LogP contribution is -2.20. The molecule has 0 radical (unpaired) electrons. The third-order valence-electron chi connectivity index (χ3n) is 4.38. The van der Waals surface area contributed by atoms with Crippen molar-refractivity contribution in [2.24, 2.45) is 0 Å². The van der Waals surface area contributed by atoms with Crippen LogP contribution in [0.1, 0.15) is 43.9 Å². The summed E-state index contributed by atoms with van der Waals surface area (Å²) in [6.07, 6.45) is 1.76. The Morgan fingerprint density at radius 3 is 2.48 bits per heavy atom. The third-order valence-corrected chi connectivity index (χ3v) is 4.38. The maximum absolute atomic E-state index is 12.6. The Bertz CT molecular complexity index is 929. The minimum atomic E-state index is -0.122. The first-order valence-electron chi connectivity index (χ1n) is 8.58. The summed E-state index contributed by atoms with van der Waals surface area (Å²) >= 11 is 0. The number of carbonyl (C=O) groups is 1. The fourth-order valence-corrected chi connectivity index (χ4v) is 3.24. The van der Waals surface area contributed by atoms with Crippen LogP contribution in [0.15, 0.2) is 6.20 Å². The highest BCUT2D eigenvalue weighted by Gasteiger charge is 2.18. The van der Waals surface area contributed by atoms with Crippen LogP contribution in [0.2, 0.25) is 0 Å². The highest BCUT2D eigenvalue weighted by molar-refractivity contribution is 5.92. The monoisotopic (exact) mass is 343 g/mol.